The molecule has 4 rings (SSSR count). The smallest absolute Gasteiger partial charge is 0.333 e. The molecule has 0 amide bonds. The first kappa shape index (κ1) is 23.9. The van der Waals surface area contributed by atoms with Gasteiger partial charge in [-0.1, -0.05) is 24.3 Å². The molecule has 1 saturated heterocycles. The second-order valence-electron chi connectivity index (χ2n) is 7.99. The number of benzene rings is 2. The molecule has 1 aromatic heterocycles. The number of ether oxygens (including phenoxy) is 3. The molecule has 2 aromatic carbocycles. The number of hydrogen-bond acceptors (Lipinski definition) is 7. The van der Waals surface area contributed by atoms with Crippen molar-refractivity contribution in [1.82, 2.24) is 14.9 Å². The third-order valence-corrected chi connectivity index (χ3v) is 5.68. The lowest BCUT2D eigenvalue weighted by atomic mass is 10.1. The van der Waals surface area contributed by atoms with Gasteiger partial charge in [-0.15, -0.1) is 0 Å². The highest BCUT2D eigenvalue weighted by Crippen LogP contribution is 2.19. The third-order valence-electron chi connectivity index (χ3n) is 5.68. The summed E-state index contributed by atoms with van der Waals surface area (Å²) in [7, 11) is 0. The number of aliphatic carboxylic acids is 1. The lowest BCUT2D eigenvalue weighted by Gasteiger charge is -2.25. The van der Waals surface area contributed by atoms with Crippen molar-refractivity contribution in [2.24, 2.45) is 0 Å². The first-order valence-corrected chi connectivity index (χ1v) is 11.4. The zero-order valence-corrected chi connectivity index (χ0v) is 19.1. The van der Waals surface area contributed by atoms with Gasteiger partial charge in [-0.25, -0.2) is 9.78 Å². The fourth-order valence-corrected chi connectivity index (χ4v) is 3.99. The topological polar surface area (TPSA) is 112 Å². The molecule has 9 nitrogen and oxygen atoms in total. The van der Waals surface area contributed by atoms with Crippen LogP contribution in [0.3, 0.4) is 0 Å². The minimum atomic E-state index is -0.982. The van der Waals surface area contributed by atoms with Gasteiger partial charge in [0, 0.05) is 26.1 Å². The summed E-state index contributed by atoms with van der Waals surface area (Å²) in [6.07, 6.45) is -0.905. The van der Waals surface area contributed by atoms with Gasteiger partial charge < -0.3 is 24.6 Å². The summed E-state index contributed by atoms with van der Waals surface area (Å²) >= 11 is 0. The van der Waals surface area contributed by atoms with E-state index in [2.05, 4.69) is 5.32 Å². The van der Waals surface area contributed by atoms with Crippen LogP contribution in [0.15, 0.2) is 53.3 Å². The minimum Gasteiger partial charge on any atom is -0.492 e. The van der Waals surface area contributed by atoms with Crippen LogP contribution in [0, 0.1) is 0 Å². The zero-order chi connectivity index (χ0) is 23.9. The van der Waals surface area contributed by atoms with E-state index in [9.17, 15) is 14.7 Å². The number of carbonyl (C=O) groups is 1. The van der Waals surface area contributed by atoms with Gasteiger partial charge >= 0.3 is 5.97 Å². The van der Waals surface area contributed by atoms with Gasteiger partial charge in [-0.2, -0.15) is 0 Å². The Morgan fingerprint density at radius 2 is 2.06 bits per heavy atom. The molecule has 2 N–H and O–H groups in total. The Hall–Kier alpha value is -3.27. The number of carboxylic acids is 1. The molecular weight excluding hydrogens is 438 g/mol. The van der Waals surface area contributed by atoms with E-state index < -0.39 is 12.1 Å². The van der Waals surface area contributed by atoms with Crippen LogP contribution in [-0.2, 0) is 27.2 Å². The average molecular weight is 468 g/mol. The van der Waals surface area contributed by atoms with E-state index in [1.54, 1.807) is 29.7 Å². The van der Waals surface area contributed by atoms with E-state index >= 15 is 0 Å². The van der Waals surface area contributed by atoms with Crippen LogP contribution in [0.1, 0.15) is 24.4 Å². The number of morpholine rings is 1. The Labute approximate surface area is 197 Å². The molecule has 2 atom stereocenters. The molecular formula is C25H29N3O6. The third kappa shape index (κ3) is 5.61. The van der Waals surface area contributed by atoms with Crippen LogP contribution >= 0.6 is 0 Å². The Kier molecular flexibility index (Phi) is 7.89. The number of hydrogen-bond donors (Lipinski definition) is 2. The van der Waals surface area contributed by atoms with E-state index in [1.807, 2.05) is 30.3 Å². The summed E-state index contributed by atoms with van der Waals surface area (Å²) in [5.41, 5.74) is 1.37. The van der Waals surface area contributed by atoms with Crippen molar-refractivity contribution in [3.05, 3.63) is 70.3 Å². The molecule has 2 heterocycles. The SMILES string of the molecule is CCOC(Cc1ccc(OCCn2c(C3CNCCO3)nc3ccccc3c2=O)cc1)C(=O)O. The maximum Gasteiger partial charge on any atom is 0.333 e. The van der Waals surface area contributed by atoms with Crippen LogP contribution in [0.5, 0.6) is 5.75 Å². The normalized spacial score (nSPS) is 16.9. The summed E-state index contributed by atoms with van der Waals surface area (Å²) < 4.78 is 18.7. The minimum absolute atomic E-state index is 0.121. The molecule has 1 fully saturated rings. The maximum absolute atomic E-state index is 13.2. The summed E-state index contributed by atoms with van der Waals surface area (Å²) in [6.45, 7) is 4.61. The Balaban J connectivity index is 1.46. The highest BCUT2D eigenvalue weighted by molar-refractivity contribution is 5.77. The second-order valence-corrected chi connectivity index (χ2v) is 7.99. The van der Waals surface area contributed by atoms with Gasteiger partial charge in [0.15, 0.2) is 6.10 Å². The predicted octanol–water partition coefficient (Wildman–Crippen LogP) is 2.17. The molecule has 2 unspecified atom stereocenters. The molecule has 0 bridgehead atoms. The van der Waals surface area contributed by atoms with Gasteiger partial charge in [0.25, 0.3) is 5.56 Å². The molecule has 3 aromatic rings. The van der Waals surface area contributed by atoms with Gasteiger partial charge in [-0.3, -0.25) is 9.36 Å². The number of nitrogens with zero attached hydrogens (tertiary/aromatic N) is 2. The van der Waals surface area contributed by atoms with Gasteiger partial charge in [-0.05, 0) is 36.8 Å². The molecule has 0 aliphatic carbocycles. The average Bonchev–Trinajstić information content (AvgIpc) is 2.86. The van der Waals surface area contributed by atoms with Crippen molar-refractivity contribution in [2.45, 2.75) is 32.1 Å². The number of fused-ring (bicyclic) bond motifs is 1. The maximum atomic E-state index is 13.2. The second kappa shape index (κ2) is 11.2. The highest BCUT2D eigenvalue weighted by atomic mass is 16.5. The quantitative estimate of drug-likeness (QED) is 0.467. The van der Waals surface area contributed by atoms with Crippen molar-refractivity contribution >= 4 is 16.9 Å². The van der Waals surface area contributed by atoms with Gasteiger partial charge in [0.1, 0.15) is 24.3 Å². The Morgan fingerprint density at radius 1 is 1.26 bits per heavy atom. The number of nitrogens with one attached hydrogen (secondary N) is 1. The largest absolute Gasteiger partial charge is 0.492 e. The van der Waals surface area contributed by atoms with Crippen LogP contribution in [0.25, 0.3) is 10.9 Å². The molecule has 1 aliphatic heterocycles. The van der Waals surface area contributed by atoms with E-state index in [-0.39, 0.29) is 24.7 Å². The molecule has 0 radical (unpaired) electrons. The highest BCUT2D eigenvalue weighted by Gasteiger charge is 2.23. The molecule has 9 heteroatoms. The molecule has 1 aliphatic rings. The molecule has 0 spiro atoms. The number of carboxylic acid groups (broad SMARTS) is 1. The van der Waals surface area contributed by atoms with Crippen molar-refractivity contribution in [3.8, 4) is 5.75 Å². The monoisotopic (exact) mass is 467 g/mol. The Morgan fingerprint density at radius 3 is 2.76 bits per heavy atom. The molecule has 0 saturated carbocycles. The fraction of sp³-hybridized carbons (Fsp3) is 0.400. The Bertz CT molecular complexity index is 1170. The standard InChI is InChI=1S/C25H29N3O6/c1-2-32-21(25(30)31)15-17-7-9-18(10-8-17)33-14-12-28-23(22-16-26-11-13-34-22)27-20-6-4-3-5-19(20)24(28)29/h3-10,21-22,26H,2,11-16H2,1H3,(H,30,31). The van der Waals surface area contributed by atoms with Crippen molar-refractivity contribution in [3.63, 3.8) is 0 Å². The van der Waals surface area contributed by atoms with E-state index in [0.29, 0.717) is 48.8 Å². The van der Waals surface area contributed by atoms with E-state index in [4.69, 9.17) is 19.2 Å². The van der Waals surface area contributed by atoms with Gasteiger partial charge in [0.2, 0.25) is 0 Å². The van der Waals surface area contributed by atoms with Crippen molar-refractivity contribution < 1.29 is 24.1 Å². The first-order chi connectivity index (χ1) is 16.6. The van der Waals surface area contributed by atoms with Gasteiger partial charge in [0.05, 0.1) is 24.1 Å². The van der Waals surface area contributed by atoms with Crippen LogP contribution in [0.4, 0.5) is 0 Å². The molecule has 34 heavy (non-hydrogen) atoms. The van der Waals surface area contributed by atoms with Crippen LogP contribution in [-0.4, -0.2) is 59.6 Å². The van der Waals surface area contributed by atoms with E-state index in [0.717, 1.165) is 12.1 Å². The summed E-state index contributed by atoms with van der Waals surface area (Å²) in [5.74, 6) is 0.237. The summed E-state index contributed by atoms with van der Waals surface area (Å²) in [4.78, 5) is 29.3. The number of aromatic nitrogens is 2. The lowest BCUT2D eigenvalue weighted by molar-refractivity contribution is -0.149. The zero-order valence-electron chi connectivity index (χ0n) is 19.1. The van der Waals surface area contributed by atoms with Crippen molar-refractivity contribution in [1.29, 1.82) is 0 Å². The number of rotatable bonds is 10. The van der Waals surface area contributed by atoms with Crippen LogP contribution in [0.2, 0.25) is 0 Å². The summed E-state index contributed by atoms with van der Waals surface area (Å²) in [6, 6.07) is 14.5. The fourth-order valence-electron chi connectivity index (χ4n) is 3.99. The van der Waals surface area contributed by atoms with Crippen LogP contribution < -0.4 is 15.6 Å². The predicted molar refractivity (Wildman–Crippen MR) is 126 cm³/mol. The first-order valence-electron chi connectivity index (χ1n) is 11.4. The lowest BCUT2D eigenvalue weighted by Crippen LogP contribution is -2.38. The van der Waals surface area contributed by atoms with E-state index in [1.165, 1.54) is 0 Å². The molecule has 180 valence electrons. The summed E-state index contributed by atoms with van der Waals surface area (Å²) in [5, 5.41) is 13.1. The van der Waals surface area contributed by atoms with Crippen molar-refractivity contribution in [2.75, 3.05) is 32.9 Å². The number of para-hydroxylation sites is 1.